The molecule has 22 heavy (non-hydrogen) atoms. The molecule has 2 saturated carbocycles. The van der Waals surface area contributed by atoms with Crippen LogP contribution in [0.25, 0.3) is 0 Å². The molecule has 0 radical (unpaired) electrons. The molecular weight excluding hydrogens is 272 g/mol. The molecule has 1 N–H and O–H groups in total. The molecule has 0 saturated heterocycles. The fourth-order valence-corrected chi connectivity index (χ4v) is 3.46. The van der Waals surface area contributed by atoms with Gasteiger partial charge < -0.3 is 10.2 Å². The van der Waals surface area contributed by atoms with Gasteiger partial charge in [0.1, 0.15) is 0 Å². The van der Waals surface area contributed by atoms with Gasteiger partial charge in [-0.1, -0.05) is 17.7 Å². The van der Waals surface area contributed by atoms with E-state index in [9.17, 15) is 4.79 Å². The number of nitrogens with one attached hydrogen (secondary N) is 1. The molecule has 1 amide bonds. The highest BCUT2D eigenvalue weighted by Crippen LogP contribution is 2.44. The fourth-order valence-electron chi connectivity index (χ4n) is 3.46. The van der Waals surface area contributed by atoms with Crippen molar-refractivity contribution in [2.24, 2.45) is 11.8 Å². The maximum atomic E-state index is 12.5. The molecule has 0 bridgehead atoms. The monoisotopic (exact) mass is 300 g/mol. The van der Waals surface area contributed by atoms with Gasteiger partial charge >= 0.3 is 0 Å². The third-order valence-electron chi connectivity index (χ3n) is 5.00. The molecule has 2 aliphatic rings. The van der Waals surface area contributed by atoms with Crippen LogP contribution in [0.4, 0.5) is 5.69 Å². The number of nitrogens with zero attached hydrogens (tertiary/aromatic N) is 1. The number of anilines is 1. The summed E-state index contributed by atoms with van der Waals surface area (Å²) in [5.41, 5.74) is 3.69. The van der Waals surface area contributed by atoms with Crippen LogP contribution in [0, 0.1) is 25.7 Å². The lowest BCUT2D eigenvalue weighted by atomic mass is 10.1. The van der Waals surface area contributed by atoms with Crippen molar-refractivity contribution < 1.29 is 4.79 Å². The minimum absolute atomic E-state index is 0.186. The third-order valence-corrected chi connectivity index (χ3v) is 5.00. The van der Waals surface area contributed by atoms with Crippen molar-refractivity contribution >= 4 is 11.6 Å². The summed E-state index contributed by atoms with van der Waals surface area (Å²) in [5.74, 6) is 1.70. The molecule has 2 fully saturated rings. The Hall–Kier alpha value is -1.51. The van der Waals surface area contributed by atoms with Gasteiger partial charge in [0.25, 0.3) is 0 Å². The van der Waals surface area contributed by atoms with Gasteiger partial charge in [0.15, 0.2) is 0 Å². The summed E-state index contributed by atoms with van der Waals surface area (Å²) in [6.45, 7) is 7.67. The van der Waals surface area contributed by atoms with Crippen molar-refractivity contribution in [2.45, 2.75) is 52.5 Å². The summed E-state index contributed by atoms with van der Waals surface area (Å²) < 4.78 is 0. The first kappa shape index (κ1) is 15.4. The predicted octanol–water partition coefficient (Wildman–Crippen LogP) is 3.43. The first-order chi connectivity index (χ1) is 10.6. The number of hydrogen-bond donors (Lipinski definition) is 1. The second-order valence-electron chi connectivity index (χ2n) is 7.07. The molecule has 120 valence electrons. The average molecular weight is 300 g/mol. The van der Waals surface area contributed by atoms with Crippen molar-refractivity contribution in [3.63, 3.8) is 0 Å². The van der Waals surface area contributed by atoms with E-state index in [1.165, 1.54) is 42.5 Å². The van der Waals surface area contributed by atoms with Gasteiger partial charge in [-0.3, -0.25) is 4.79 Å². The maximum Gasteiger partial charge on any atom is 0.239 e. The summed E-state index contributed by atoms with van der Waals surface area (Å²) in [6.07, 6.45) is 5.21. The second-order valence-corrected chi connectivity index (χ2v) is 7.07. The number of benzene rings is 1. The lowest BCUT2D eigenvalue weighted by Gasteiger charge is -2.26. The first-order valence-corrected chi connectivity index (χ1v) is 8.70. The number of carbonyl (C=O) groups is 1. The lowest BCUT2D eigenvalue weighted by Crippen LogP contribution is -2.44. The van der Waals surface area contributed by atoms with Crippen molar-refractivity contribution in [3.8, 4) is 0 Å². The van der Waals surface area contributed by atoms with E-state index in [-0.39, 0.29) is 5.91 Å². The zero-order chi connectivity index (χ0) is 15.7. The Morgan fingerprint density at radius 2 is 1.86 bits per heavy atom. The molecule has 0 spiro atoms. The van der Waals surface area contributed by atoms with Gasteiger partial charge in [0.05, 0.1) is 6.54 Å². The van der Waals surface area contributed by atoms with Crippen molar-refractivity contribution in [1.29, 1.82) is 0 Å². The van der Waals surface area contributed by atoms with Crippen LogP contribution in [-0.4, -0.2) is 25.0 Å². The number of hydrogen-bond acceptors (Lipinski definition) is 2. The SMILES string of the molecule is CCN(CC(=O)NC(C1CC1)C1CC1)c1ccc(C)cc1C. The first-order valence-electron chi connectivity index (χ1n) is 8.70. The van der Waals surface area contributed by atoms with E-state index in [1.54, 1.807) is 0 Å². The van der Waals surface area contributed by atoms with Crippen LogP contribution in [0.3, 0.4) is 0 Å². The Morgan fingerprint density at radius 1 is 1.23 bits per heavy atom. The zero-order valence-electron chi connectivity index (χ0n) is 14.1. The minimum atomic E-state index is 0.186. The standard InChI is InChI=1S/C19H28N2O/c1-4-21(17-10-5-13(2)11-14(17)3)12-18(22)20-19(15-6-7-15)16-8-9-16/h5,10-11,15-16,19H,4,6-9,12H2,1-3H3,(H,20,22). The molecule has 1 aromatic rings. The van der Waals surface area contributed by atoms with Crippen LogP contribution in [0.2, 0.25) is 0 Å². The zero-order valence-corrected chi connectivity index (χ0v) is 14.1. The Balaban J connectivity index is 1.62. The Kier molecular flexibility index (Phi) is 4.42. The second kappa shape index (κ2) is 6.31. The van der Waals surface area contributed by atoms with Crippen molar-refractivity contribution in [1.82, 2.24) is 5.32 Å². The predicted molar refractivity (Wildman–Crippen MR) is 91.2 cm³/mol. The molecule has 1 aromatic carbocycles. The number of amides is 1. The minimum Gasteiger partial charge on any atom is -0.362 e. The van der Waals surface area contributed by atoms with Crippen LogP contribution >= 0.6 is 0 Å². The Bertz CT molecular complexity index is 534. The molecule has 2 aliphatic carbocycles. The summed E-state index contributed by atoms with van der Waals surface area (Å²) in [5, 5.41) is 3.33. The number of rotatable bonds is 7. The normalized spacial score (nSPS) is 17.6. The number of aryl methyl sites for hydroxylation is 2. The third kappa shape index (κ3) is 3.63. The van der Waals surface area contributed by atoms with Crippen LogP contribution in [-0.2, 0) is 4.79 Å². The number of carbonyl (C=O) groups excluding carboxylic acids is 1. The Labute approximate surface area is 134 Å². The van der Waals surface area contributed by atoms with Gasteiger partial charge in [0.2, 0.25) is 5.91 Å². The molecule has 3 rings (SSSR count). The molecule has 0 aliphatic heterocycles. The van der Waals surface area contributed by atoms with E-state index in [2.05, 4.69) is 49.2 Å². The summed E-state index contributed by atoms with van der Waals surface area (Å²) in [7, 11) is 0. The van der Waals surface area contributed by atoms with Gasteiger partial charge in [-0.2, -0.15) is 0 Å². The van der Waals surface area contributed by atoms with Crippen LogP contribution in [0.5, 0.6) is 0 Å². The van der Waals surface area contributed by atoms with E-state index >= 15 is 0 Å². The molecule has 3 nitrogen and oxygen atoms in total. The van der Waals surface area contributed by atoms with E-state index in [4.69, 9.17) is 0 Å². The molecule has 0 unspecified atom stereocenters. The van der Waals surface area contributed by atoms with E-state index in [0.717, 1.165) is 18.4 Å². The lowest BCUT2D eigenvalue weighted by molar-refractivity contribution is -0.120. The fraction of sp³-hybridized carbons (Fsp3) is 0.632. The molecule has 3 heteroatoms. The van der Waals surface area contributed by atoms with Gasteiger partial charge in [0, 0.05) is 18.3 Å². The summed E-state index contributed by atoms with van der Waals surface area (Å²) in [4.78, 5) is 14.7. The maximum absolute atomic E-state index is 12.5. The summed E-state index contributed by atoms with van der Waals surface area (Å²) >= 11 is 0. The highest BCUT2D eigenvalue weighted by molar-refractivity contribution is 5.82. The van der Waals surface area contributed by atoms with Crippen molar-refractivity contribution in [2.75, 3.05) is 18.0 Å². The van der Waals surface area contributed by atoms with E-state index < -0.39 is 0 Å². The van der Waals surface area contributed by atoms with Gasteiger partial charge in [-0.25, -0.2) is 0 Å². The summed E-state index contributed by atoms with van der Waals surface area (Å²) in [6, 6.07) is 6.90. The molecule has 0 heterocycles. The molecule has 0 atom stereocenters. The van der Waals surface area contributed by atoms with Gasteiger partial charge in [-0.05, 0) is 69.9 Å². The average Bonchev–Trinajstić information content (AvgIpc) is 3.37. The van der Waals surface area contributed by atoms with Crippen LogP contribution in [0.1, 0.15) is 43.7 Å². The number of likely N-dealkylation sites (N-methyl/N-ethyl adjacent to an activating group) is 1. The highest BCUT2D eigenvalue weighted by Gasteiger charge is 2.42. The van der Waals surface area contributed by atoms with Crippen molar-refractivity contribution in [3.05, 3.63) is 29.3 Å². The topological polar surface area (TPSA) is 32.3 Å². The van der Waals surface area contributed by atoms with Crippen LogP contribution < -0.4 is 10.2 Å². The Morgan fingerprint density at radius 3 is 2.36 bits per heavy atom. The van der Waals surface area contributed by atoms with E-state index in [1.807, 2.05) is 0 Å². The largest absolute Gasteiger partial charge is 0.362 e. The van der Waals surface area contributed by atoms with Gasteiger partial charge in [-0.15, -0.1) is 0 Å². The molecular formula is C19H28N2O. The van der Waals surface area contributed by atoms with Crippen LogP contribution in [0.15, 0.2) is 18.2 Å². The van der Waals surface area contributed by atoms with E-state index in [0.29, 0.717) is 12.6 Å². The molecule has 0 aromatic heterocycles. The quantitative estimate of drug-likeness (QED) is 0.836. The smallest absolute Gasteiger partial charge is 0.239 e. The highest BCUT2D eigenvalue weighted by atomic mass is 16.2.